The van der Waals surface area contributed by atoms with Gasteiger partial charge in [-0.2, -0.15) is 0 Å². The lowest BCUT2D eigenvalue weighted by atomic mass is 10.1. The minimum absolute atomic E-state index is 0.179. The van der Waals surface area contributed by atoms with E-state index in [4.69, 9.17) is 18.7 Å². The van der Waals surface area contributed by atoms with Crippen LogP contribution in [0, 0.1) is 0 Å². The molecule has 0 spiro atoms. The van der Waals surface area contributed by atoms with Crippen molar-refractivity contribution in [2.24, 2.45) is 0 Å². The summed E-state index contributed by atoms with van der Waals surface area (Å²) in [5.74, 6) is -0.269. The van der Waals surface area contributed by atoms with Gasteiger partial charge < -0.3 is 24.0 Å². The normalized spacial score (nSPS) is 17.7. The van der Waals surface area contributed by atoms with Crippen molar-refractivity contribution >= 4 is 11.7 Å². The smallest absolute Gasteiger partial charge is 0.375 e. The van der Waals surface area contributed by atoms with Gasteiger partial charge in [0.2, 0.25) is 0 Å². The van der Waals surface area contributed by atoms with E-state index in [1.54, 1.807) is 12.3 Å². The Labute approximate surface area is 102 Å². The molecule has 0 bridgehead atoms. The molecule has 0 aliphatic carbocycles. The van der Waals surface area contributed by atoms with Gasteiger partial charge in [-0.1, -0.05) is 0 Å². The quantitative estimate of drug-likeness (QED) is 0.865. The Kier molecular flexibility index (Phi) is 2.47. The highest BCUT2D eigenvalue weighted by molar-refractivity contribution is 5.90. The molecule has 1 aliphatic rings. The molecule has 0 aromatic carbocycles. The zero-order valence-electron chi connectivity index (χ0n) is 9.38. The van der Waals surface area contributed by atoms with Crippen LogP contribution in [0.15, 0.2) is 33.5 Å². The fourth-order valence-electron chi connectivity index (χ4n) is 1.93. The lowest BCUT2D eigenvalue weighted by Gasteiger charge is -2.24. The lowest BCUT2D eigenvalue weighted by molar-refractivity contribution is 0.0651. The Morgan fingerprint density at radius 2 is 2.39 bits per heavy atom. The summed E-state index contributed by atoms with van der Waals surface area (Å²) < 4.78 is 15.8. The molecule has 3 heterocycles. The average molecular weight is 249 g/mol. The molecule has 6 nitrogen and oxygen atoms in total. The maximum absolute atomic E-state index is 10.9. The molecular formula is C12H11NO5. The predicted molar refractivity (Wildman–Crippen MR) is 61.0 cm³/mol. The molecule has 1 aliphatic heterocycles. The maximum Gasteiger partial charge on any atom is 0.375 e. The van der Waals surface area contributed by atoms with Gasteiger partial charge in [-0.25, -0.2) is 4.79 Å². The molecule has 0 radical (unpaired) electrons. The van der Waals surface area contributed by atoms with Gasteiger partial charge in [0.15, 0.2) is 5.75 Å². The van der Waals surface area contributed by atoms with Crippen molar-refractivity contribution in [1.29, 1.82) is 0 Å². The van der Waals surface area contributed by atoms with Gasteiger partial charge in [-0.05, 0) is 12.1 Å². The van der Waals surface area contributed by atoms with Gasteiger partial charge in [0.25, 0.3) is 5.76 Å². The van der Waals surface area contributed by atoms with Crippen molar-refractivity contribution in [3.8, 4) is 5.75 Å². The fraction of sp³-hybridized carbons (Fsp3) is 0.250. The van der Waals surface area contributed by atoms with Crippen LogP contribution < -0.4 is 10.1 Å². The number of hydrogen-bond donors (Lipinski definition) is 2. The van der Waals surface area contributed by atoms with Crippen molar-refractivity contribution in [2.45, 2.75) is 12.5 Å². The number of hydrogen-bond acceptors (Lipinski definition) is 5. The Morgan fingerprint density at radius 1 is 1.50 bits per heavy atom. The third kappa shape index (κ3) is 1.81. The number of fused-ring (bicyclic) bond motifs is 1. The van der Waals surface area contributed by atoms with Crippen LogP contribution in [0.5, 0.6) is 5.75 Å². The molecule has 0 fully saturated rings. The first-order chi connectivity index (χ1) is 8.74. The van der Waals surface area contributed by atoms with Crippen LogP contribution in [0.1, 0.15) is 16.3 Å². The number of carbonyl (C=O) groups is 1. The number of carboxylic acids is 1. The molecule has 1 unspecified atom stereocenters. The number of ether oxygens (including phenoxy) is 1. The highest BCUT2D eigenvalue weighted by Crippen LogP contribution is 2.35. The van der Waals surface area contributed by atoms with E-state index in [1.807, 2.05) is 6.07 Å². The summed E-state index contributed by atoms with van der Waals surface area (Å²) in [6, 6.07) is 3.66. The molecule has 0 saturated heterocycles. The van der Waals surface area contributed by atoms with E-state index in [-0.39, 0.29) is 17.6 Å². The molecule has 3 rings (SSSR count). The van der Waals surface area contributed by atoms with E-state index in [9.17, 15) is 4.79 Å². The summed E-state index contributed by atoms with van der Waals surface area (Å²) in [7, 11) is 0. The molecule has 2 aromatic heterocycles. The molecule has 0 saturated carbocycles. The van der Waals surface area contributed by atoms with Crippen LogP contribution in [-0.2, 0) is 6.42 Å². The zero-order chi connectivity index (χ0) is 12.5. The molecule has 2 aromatic rings. The second-order valence-electron chi connectivity index (χ2n) is 4.02. The number of anilines is 1. The Bertz CT molecular complexity index is 557. The van der Waals surface area contributed by atoms with E-state index in [0.29, 0.717) is 18.7 Å². The van der Waals surface area contributed by atoms with Crippen molar-refractivity contribution in [3.63, 3.8) is 0 Å². The largest absolute Gasteiger partial charge is 0.482 e. The van der Waals surface area contributed by atoms with Crippen LogP contribution >= 0.6 is 0 Å². The third-order valence-corrected chi connectivity index (χ3v) is 2.75. The SMILES string of the molecule is O=C(O)c1occ2c1OC(Cc1ccco1)CN2. The van der Waals surface area contributed by atoms with Gasteiger partial charge in [0, 0.05) is 6.42 Å². The lowest BCUT2D eigenvalue weighted by Crippen LogP contribution is -2.32. The number of carboxylic acid groups (broad SMARTS) is 1. The maximum atomic E-state index is 10.9. The van der Waals surface area contributed by atoms with Crippen LogP contribution in [0.4, 0.5) is 5.69 Å². The van der Waals surface area contributed by atoms with Gasteiger partial charge in [0.1, 0.15) is 23.8 Å². The standard InChI is InChI=1S/C12H11NO5/c14-12(15)11-10-9(6-17-11)13-5-8(18-10)4-7-2-1-3-16-7/h1-3,6,8,13H,4-5H2,(H,14,15). The first-order valence-electron chi connectivity index (χ1n) is 5.51. The second kappa shape index (κ2) is 4.14. The van der Waals surface area contributed by atoms with Crippen LogP contribution in [0.25, 0.3) is 0 Å². The third-order valence-electron chi connectivity index (χ3n) is 2.75. The predicted octanol–water partition coefficient (Wildman–Crippen LogP) is 1.99. The molecule has 6 heteroatoms. The fourth-order valence-corrected chi connectivity index (χ4v) is 1.93. The number of furan rings is 2. The van der Waals surface area contributed by atoms with Gasteiger partial charge >= 0.3 is 5.97 Å². The Balaban J connectivity index is 1.79. The van der Waals surface area contributed by atoms with E-state index in [2.05, 4.69) is 5.32 Å². The summed E-state index contributed by atoms with van der Waals surface area (Å²) >= 11 is 0. The summed E-state index contributed by atoms with van der Waals surface area (Å²) in [4.78, 5) is 10.9. The van der Waals surface area contributed by atoms with Gasteiger partial charge in [-0.15, -0.1) is 0 Å². The zero-order valence-corrected chi connectivity index (χ0v) is 9.38. The van der Waals surface area contributed by atoms with Crippen LogP contribution in [-0.4, -0.2) is 23.7 Å². The topological polar surface area (TPSA) is 84.8 Å². The summed E-state index contributed by atoms with van der Waals surface area (Å²) in [5.41, 5.74) is 0.572. The number of nitrogens with one attached hydrogen (secondary N) is 1. The molecular weight excluding hydrogens is 238 g/mol. The minimum atomic E-state index is -1.14. The molecule has 2 N–H and O–H groups in total. The van der Waals surface area contributed by atoms with Gasteiger partial charge in [0.05, 0.1) is 12.8 Å². The molecule has 1 atom stereocenters. The first kappa shape index (κ1) is 10.8. The Hall–Kier alpha value is -2.37. The van der Waals surface area contributed by atoms with Gasteiger partial charge in [-0.3, -0.25) is 0 Å². The van der Waals surface area contributed by atoms with E-state index >= 15 is 0 Å². The summed E-state index contributed by atoms with van der Waals surface area (Å²) in [6.07, 6.45) is 3.34. The van der Waals surface area contributed by atoms with Crippen molar-refractivity contribution < 1.29 is 23.5 Å². The Morgan fingerprint density at radius 3 is 3.11 bits per heavy atom. The minimum Gasteiger partial charge on any atom is -0.482 e. The first-order valence-corrected chi connectivity index (χ1v) is 5.51. The molecule has 94 valence electrons. The van der Waals surface area contributed by atoms with E-state index in [0.717, 1.165) is 5.76 Å². The van der Waals surface area contributed by atoms with Crippen molar-refractivity contribution in [1.82, 2.24) is 0 Å². The average Bonchev–Trinajstić information content (AvgIpc) is 2.97. The highest BCUT2D eigenvalue weighted by atomic mass is 16.5. The number of rotatable bonds is 3. The van der Waals surface area contributed by atoms with Crippen LogP contribution in [0.3, 0.4) is 0 Å². The molecule has 18 heavy (non-hydrogen) atoms. The van der Waals surface area contributed by atoms with E-state index < -0.39 is 5.97 Å². The monoisotopic (exact) mass is 249 g/mol. The van der Waals surface area contributed by atoms with Crippen LogP contribution in [0.2, 0.25) is 0 Å². The molecule has 0 amide bonds. The summed E-state index contributed by atoms with van der Waals surface area (Å²) in [5, 5.41) is 12.0. The van der Waals surface area contributed by atoms with Crippen molar-refractivity contribution in [3.05, 3.63) is 36.2 Å². The number of aromatic carboxylic acids is 1. The van der Waals surface area contributed by atoms with Crippen molar-refractivity contribution in [2.75, 3.05) is 11.9 Å². The summed E-state index contributed by atoms with van der Waals surface area (Å²) in [6.45, 7) is 0.576. The highest BCUT2D eigenvalue weighted by Gasteiger charge is 2.28. The second-order valence-corrected chi connectivity index (χ2v) is 4.02. The van der Waals surface area contributed by atoms with E-state index in [1.165, 1.54) is 6.26 Å².